The van der Waals surface area contributed by atoms with E-state index in [-0.39, 0.29) is 16.8 Å². The van der Waals surface area contributed by atoms with Crippen LogP contribution in [0.25, 0.3) is 28.6 Å². The number of hydrogen-bond acceptors (Lipinski definition) is 6. The minimum Gasteiger partial charge on any atom is -0.507 e. The molecule has 4 rings (SSSR count). The summed E-state index contributed by atoms with van der Waals surface area (Å²) in [5, 5.41) is 15.7. The Kier molecular flexibility index (Phi) is 5.08. The van der Waals surface area contributed by atoms with E-state index in [2.05, 4.69) is 15.6 Å². The van der Waals surface area contributed by atoms with Crippen LogP contribution in [0.1, 0.15) is 5.76 Å². The average molecular weight is 405 g/mol. The van der Waals surface area contributed by atoms with Crippen molar-refractivity contribution < 1.29 is 18.7 Å². The Balaban J connectivity index is 1.47. The average Bonchev–Trinajstić information content (AvgIpc) is 3.37. The number of nitrogens with one attached hydrogen (secondary N) is 2. The smallest absolute Gasteiger partial charge is 0.250 e. The van der Waals surface area contributed by atoms with Crippen LogP contribution in [-0.4, -0.2) is 21.1 Å². The number of phenols is 1. The molecule has 29 heavy (non-hydrogen) atoms. The molecular formula is C21H15N3O4S. The maximum absolute atomic E-state index is 11.9. The number of hydrogen-bond donors (Lipinski definition) is 3. The summed E-state index contributed by atoms with van der Waals surface area (Å²) in [6.07, 6.45) is 4.36. The van der Waals surface area contributed by atoms with E-state index in [4.69, 9.17) is 21.1 Å². The van der Waals surface area contributed by atoms with Crippen molar-refractivity contribution in [2.75, 3.05) is 5.32 Å². The standard InChI is InChI=1S/C21H15N3O4S/c25-17-9-7-13(12-15(17)20-23-16-5-1-2-6-18(16)28-20)22-21(29)24-19(26)10-8-14-4-3-11-27-14/h1-12,25H,(H2,22,24,26,29)/b10-8+. The van der Waals surface area contributed by atoms with Gasteiger partial charge in [0.2, 0.25) is 11.8 Å². The normalized spacial score (nSPS) is 11.0. The summed E-state index contributed by atoms with van der Waals surface area (Å²) in [7, 11) is 0. The number of benzene rings is 2. The molecular weight excluding hydrogens is 390 g/mol. The number of furan rings is 1. The number of aromatic nitrogens is 1. The van der Waals surface area contributed by atoms with Crippen molar-refractivity contribution in [2.45, 2.75) is 0 Å². The summed E-state index contributed by atoms with van der Waals surface area (Å²) in [5.74, 6) is 0.444. The Hall–Kier alpha value is -3.91. The molecule has 1 amide bonds. The second kappa shape index (κ2) is 7.99. The number of carbonyl (C=O) groups excluding carboxylic acids is 1. The molecule has 0 saturated carbocycles. The van der Waals surface area contributed by atoms with Crippen LogP contribution in [0.2, 0.25) is 0 Å². The van der Waals surface area contributed by atoms with Gasteiger partial charge in [-0.3, -0.25) is 10.1 Å². The summed E-state index contributed by atoms with van der Waals surface area (Å²) >= 11 is 5.17. The highest BCUT2D eigenvalue weighted by Gasteiger charge is 2.13. The van der Waals surface area contributed by atoms with E-state index in [0.29, 0.717) is 28.1 Å². The molecule has 144 valence electrons. The van der Waals surface area contributed by atoms with E-state index in [1.807, 2.05) is 18.2 Å². The Morgan fingerprint density at radius 1 is 1.14 bits per heavy atom. The molecule has 3 N–H and O–H groups in total. The first-order valence-corrected chi connectivity index (χ1v) is 9.02. The Morgan fingerprint density at radius 3 is 2.79 bits per heavy atom. The van der Waals surface area contributed by atoms with Gasteiger partial charge in [-0.1, -0.05) is 12.1 Å². The topological polar surface area (TPSA) is 101 Å². The SMILES string of the molecule is O=C(/C=C/c1ccco1)NC(=S)Nc1ccc(O)c(-c2nc3ccccc3o2)c1. The molecule has 2 heterocycles. The van der Waals surface area contributed by atoms with Crippen molar-refractivity contribution in [2.24, 2.45) is 0 Å². The molecule has 0 unspecified atom stereocenters. The molecule has 2 aromatic heterocycles. The molecule has 0 atom stereocenters. The van der Waals surface area contributed by atoms with Gasteiger partial charge in [-0.2, -0.15) is 0 Å². The molecule has 0 aliphatic heterocycles. The number of amides is 1. The zero-order valence-corrected chi connectivity index (χ0v) is 15.8. The first-order valence-electron chi connectivity index (χ1n) is 8.61. The van der Waals surface area contributed by atoms with Gasteiger partial charge in [-0.15, -0.1) is 0 Å². The Labute approximate surface area is 170 Å². The fraction of sp³-hybridized carbons (Fsp3) is 0. The molecule has 4 aromatic rings. The second-order valence-corrected chi connectivity index (χ2v) is 6.42. The van der Waals surface area contributed by atoms with Crippen LogP contribution in [0.15, 0.2) is 75.8 Å². The van der Waals surface area contributed by atoms with Crippen LogP contribution in [-0.2, 0) is 4.79 Å². The molecule has 0 saturated heterocycles. The zero-order chi connectivity index (χ0) is 20.2. The van der Waals surface area contributed by atoms with Crippen LogP contribution < -0.4 is 10.6 Å². The van der Waals surface area contributed by atoms with E-state index in [1.54, 1.807) is 30.3 Å². The predicted molar refractivity (Wildman–Crippen MR) is 113 cm³/mol. The minimum atomic E-state index is -0.406. The summed E-state index contributed by atoms with van der Waals surface area (Å²) in [4.78, 5) is 16.3. The van der Waals surface area contributed by atoms with E-state index in [1.165, 1.54) is 24.5 Å². The van der Waals surface area contributed by atoms with Crippen LogP contribution in [0, 0.1) is 0 Å². The lowest BCUT2D eigenvalue weighted by Gasteiger charge is -2.09. The maximum atomic E-state index is 11.9. The molecule has 0 aliphatic rings. The van der Waals surface area contributed by atoms with E-state index in [0.717, 1.165) is 0 Å². The molecule has 0 fully saturated rings. The number of rotatable bonds is 4. The molecule has 0 spiro atoms. The lowest BCUT2D eigenvalue weighted by atomic mass is 10.1. The third kappa shape index (κ3) is 4.33. The Morgan fingerprint density at radius 2 is 2.00 bits per heavy atom. The number of oxazole rings is 1. The van der Waals surface area contributed by atoms with Crippen molar-refractivity contribution >= 4 is 46.1 Å². The minimum absolute atomic E-state index is 0.0124. The van der Waals surface area contributed by atoms with Crippen molar-refractivity contribution in [1.29, 1.82) is 0 Å². The van der Waals surface area contributed by atoms with Crippen molar-refractivity contribution in [1.82, 2.24) is 10.3 Å². The van der Waals surface area contributed by atoms with Crippen LogP contribution >= 0.6 is 12.2 Å². The van der Waals surface area contributed by atoms with E-state index in [9.17, 15) is 9.90 Å². The number of anilines is 1. The molecule has 0 bridgehead atoms. The second-order valence-electron chi connectivity index (χ2n) is 6.01. The summed E-state index contributed by atoms with van der Waals surface area (Å²) in [6.45, 7) is 0. The number of nitrogens with zero attached hydrogens (tertiary/aromatic N) is 1. The predicted octanol–water partition coefficient (Wildman–Crippen LogP) is 4.32. The van der Waals surface area contributed by atoms with Crippen LogP contribution in [0.4, 0.5) is 5.69 Å². The highest BCUT2D eigenvalue weighted by atomic mass is 32.1. The highest BCUT2D eigenvalue weighted by molar-refractivity contribution is 7.80. The zero-order valence-electron chi connectivity index (χ0n) is 15.0. The van der Waals surface area contributed by atoms with Crippen LogP contribution in [0.3, 0.4) is 0 Å². The Bertz CT molecular complexity index is 1180. The lowest BCUT2D eigenvalue weighted by Crippen LogP contribution is -2.32. The van der Waals surface area contributed by atoms with Gasteiger partial charge < -0.3 is 19.3 Å². The number of carbonyl (C=O) groups is 1. The van der Waals surface area contributed by atoms with Crippen molar-refractivity contribution in [3.63, 3.8) is 0 Å². The van der Waals surface area contributed by atoms with Crippen molar-refractivity contribution in [3.8, 4) is 17.2 Å². The summed E-state index contributed by atoms with van der Waals surface area (Å²) < 4.78 is 10.8. The molecule has 2 aromatic carbocycles. The third-order valence-electron chi connectivity index (χ3n) is 3.96. The number of fused-ring (bicyclic) bond motifs is 1. The van der Waals surface area contributed by atoms with Gasteiger partial charge in [0.25, 0.3) is 0 Å². The number of thiocarbonyl (C=S) groups is 1. The summed E-state index contributed by atoms with van der Waals surface area (Å²) in [5.41, 5.74) is 2.26. The van der Waals surface area contributed by atoms with Gasteiger partial charge in [0, 0.05) is 11.8 Å². The number of phenolic OH excluding ortho intramolecular Hbond substituents is 1. The molecule has 8 heteroatoms. The van der Waals surface area contributed by atoms with Crippen LogP contribution in [0.5, 0.6) is 5.75 Å². The summed E-state index contributed by atoms with van der Waals surface area (Å²) in [6, 6.07) is 15.5. The fourth-order valence-corrected chi connectivity index (χ4v) is 2.85. The maximum Gasteiger partial charge on any atom is 0.250 e. The first kappa shape index (κ1) is 18.5. The molecule has 7 nitrogen and oxygen atoms in total. The van der Waals surface area contributed by atoms with Gasteiger partial charge in [0.1, 0.15) is 17.0 Å². The van der Waals surface area contributed by atoms with Gasteiger partial charge in [-0.25, -0.2) is 4.98 Å². The molecule has 0 aliphatic carbocycles. The number of para-hydroxylation sites is 2. The lowest BCUT2D eigenvalue weighted by molar-refractivity contribution is -0.115. The van der Waals surface area contributed by atoms with E-state index < -0.39 is 5.91 Å². The highest BCUT2D eigenvalue weighted by Crippen LogP contribution is 2.33. The van der Waals surface area contributed by atoms with Gasteiger partial charge >= 0.3 is 0 Å². The largest absolute Gasteiger partial charge is 0.507 e. The fourth-order valence-electron chi connectivity index (χ4n) is 2.63. The van der Waals surface area contributed by atoms with Gasteiger partial charge in [0.15, 0.2) is 10.7 Å². The van der Waals surface area contributed by atoms with Crippen molar-refractivity contribution in [3.05, 3.63) is 72.7 Å². The number of aromatic hydroxyl groups is 1. The van der Waals surface area contributed by atoms with Gasteiger partial charge in [0.05, 0.1) is 11.8 Å². The monoisotopic (exact) mass is 405 g/mol. The molecule has 0 radical (unpaired) electrons. The van der Waals surface area contributed by atoms with Gasteiger partial charge in [-0.05, 0) is 60.8 Å². The first-order chi connectivity index (χ1) is 14.1. The third-order valence-corrected chi connectivity index (χ3v) is 4.16. The quantitative estimate of drug-likeness (QED) is 0.264. The van der Waals surface area contributed by atoms with E-state index >= 15 is 0 Å².